The van der Waals surface area contributed by atoms with Crippen molar-refractivity contribution in [2.45, 2.75) is 48.0 Å². The van der Waals surface area contributed by atoms with Gasteiger partial charge in [0.1, 0.15) is 7.47 Å². The van der Waals surface area contributed by atoms with Gasteiger partial charge in [-0.15, -0.1) is 17.0 Å². The number of nitrogens with zero attached hydrogens (tertiary/aromatic N) is 1. The smallest absolute Gasteiger partial charge is 0.112 e. The molecular weight excluding hydrogens is 632 g/mol. The summed E-state index contributed by atoms with van der Waals surface area (Å²) in [6, 6.07) is 0. The Bertz CT molecular complexity index is 696. The number of aromatic nitrogens is 1. The van der Waals surface area contributed by atoms with E-state index in [1.807, 2.05) is 0 Å². The molecule has 1 aliphatic rings. The molecule has 0 spiro atoms. The fourth-order valence-corrected chi connectivity index (χ4v) is 4.54. The summed E-state index contributed by atoms with van der Waals surface area (Å²) in [5, 5.41) is 0. The lowest BCUT2D eigenvalue weighted by Gasteiger charge is -2.05. The molecule has 0 saturated carbocycles. The fraction of sp³-hybridized carbons (Fsp3) is 0.471. The second-order valence-electron chi connectivity index (χ2n) is 5.49. The predicted octanol–water partition coefficient (Wildman–Crippen LogP) is 7.89. The summed E-state index contributed by atoms with van der Waals surface area (Å²) in [6.07, 6.45) is 4.15. The molecule has 134 valence electrons. The van der Waals surface area contributed by atoms with E-state index in [-0.39, 0.29) is 24.5 Å². The van der Waals surface area contributed by atoms with Gasteiger partial charge in [-0.3, -0.25) is 4.99 Å². The highest BCUT2D eigenvalue weighted by Gasteiger charge is 2.24. The Morgan fingerprint density at radius 1 is 1.04 bits per heavy atom. The number of aromatic amines is 1. The second kappa shape index (κ2) is 9.67. The zero-order valence-corrected chi connectivity index (χ0v) is 22.1. The van der Waals surface area contributed by atoms with Gasteiger partial charge in [0.05, 0.1) is 11.4 Å². The Hall–Kier alpha value is 0.830. The summed E-state index contributed by atoms with van der Waals surface area (Å²) in [7, 11) is 0. The molecule has 1 aromatic rings. The summed E-state index contributed by atoms with van der Waals surface area (Å²) in [6.45, 7) is 8.69. The van der Waals surface area contributed by atoms with Gasteiger partial charge in [0.25, 0.3) is 0 Å². The van der Waals surface area contributed by atoms with Gasteiger partial charge < -0.3 is 4.98 Å². The maximum atomic E-state index is 4.83. The number of alkyl halides is 4. The number of allylic oxidation sites excluding steroid dienone is 2. The first-order valence-electron chi connectivity index (χ1n) is 7.60. The number of halogens is 5. The van der Waals surface area contributed by atoms with Crippen LogP contribution in [-0.4, -0.2) is 14.4 Å². The summed E-state index contributed by atoms with van der Waals surface area (Å²) in [4.78, 5) is 8.37. The third kappa shape index (κ3) is 4.56. The molecule has 24 heavy (non-hydrogen) atoms. The fourth-order valence-electron chi connectivity index (χ4n) is 3.00. The normalized spacial score (nSPS) is 16.4. The highest BCUT2D eigenvalue weighted by molar-refractivity contribution is 9.25. The van der Waals surface area contributed by atoms with Gasteiger partial charge in [-0.2, -0.15) is 0 Å². The third-order valence-corrected chi connectivity index (χ3v) is 6.03. The van der Waals surface area contributed by atoms with E-state index < -0.39 is 0 Å². The molecule has 0 saturated heterocycles. The van der Waals surface area contributed by atoms with Gasteiger partial charge in [-0.1, -0.05) is 77.6 Å². The molecule has 2 nitrogen and oxygen atoms in total. The molecular formula is C17H21Br5N2. The van der Waals surface area contributed by atoms with Gasteiger partial charge in [0.2, 0.25) is 0 Å². The summed E-state index contributed by atoms with van der Waals surface area (Å²) >= 11 is 14.4. The van der Waals surface area contributed by atoms with E-state index in [1.165, 1.54) is 28.0 Å². The first-order valence-corrected chi connectivity index (χ1v) is 11.3. The van der Waals surface area contributed by atoms with E-state index in [4.69, 9.17) is 4.99 Å². The Morgan fingerprint density at radius 2 is 1.67 bits per heavy atom. The van der Waals surface area contributed by atoms with Crippen molar-refractivity contribution in [2.75, 3.05) is 0 Å². The molecule has 1 N–H and O–H groups in total. The zero-order valence-electron chi connectivity index (χ0n) is 14.0. The number of aliphatic imine (C=N–C) groups is 1. The third-order valence-electron chi connectivity index (χ3n) is 4.25. The van der Waals surface area contributed by atoms with Crippen LogP contribution in [0.15, 0.2) is 21.8 Å². The molecule has 0 radical (unpaired) electrons. The lowest BCUT2D eigenvalue weighted by atomic mass is 10.0. The van der Waals surface area contributed by atoms with Crippen LogP contribution in [0.2, 0.25) is 0 Å². The molecule has 1 aliphatic heterocycles. The first kappa shape index (κ1) is 22.9. The van der Waals surface area contributed by atoms with Crippen LogP contribution in [0, 0.1) is 6.92 Å². The van der Waals surface area contributed by atoms with Crippen LogP contribution in [-0.2, 0) is 6.42 Å². The highest BCUT2D eigenvalue weighted by atomic mass is 79.9. The van der Waals surface area contributed by atoms with Crippen molar-refractivity contribution in [3.05, 3.63) is 39.4 Å². The minimum Gasteiger partial charge on any atom is -0.357 e. The van der Waals surface area contributed by atoms with Crippen molar-refractivity contribution in [2.24, 2.45) is 4.99 Å². The molecule has 0 bridgehead atoms. The number of H-pyrrole nitrogens is 1. The van der Waals surface area contributed by atoms with E-state index in [0.29, 0.717) is 0 Å². The Kier molecular flexibility index (Phi) is 9.22. The lowest BCUT2D eigenvalue weighted by molar-refractivity contribution is 1.08. The average Bonchev–Trinajstić information content (AvgIpc) is 2.98. The van der Waals surface area contributed by atoms with E-state index in [9.17, 15) is 0 Å². The molecule has 1 aromatic heterocycles. The van der Waals surface area contributed by atoms with Crippen molar-refractivity contribution in [3.63, 3.8) is 0 Å². The summed E-state index contributed by atoms with van der Waals surface area (Å²) < 4.78 is 0.225. The number of hydrogen-bond donors (Lipinski definition) is 1. The predicted molar refractivity (Wildman–Crippen MR) is 126 cm³/mol. The number of nitrogens with one attached hydrogen (secondary N) is 1. The quantitative estimate of drug-likeness (QED) is 0.314. The molecule has 0 fully saturated rings. The average molecular weight is 653 g/mol. The minimum atomic E-state index is 0. The number of hydrogen-bond acceptors (Lipinski definition) is 1. The van der Waals surface area contributed by atoms with Crippen molar-refractivity contribution < 1.29 is 0 Å². The maximum absolute atomic E-state index is 4.83. The molecule has 2 heterocycles. The molecule has 0 unspecified atom stereocenters. The Labute approximate surface area is 188 Å². The Balaban J connectivity index is 0.00000288. The van der Waals surface area contributed by atoms with Crippen molar-refractivity contribution >= 4 is 92.5 Å². The summed E-state index contributed by atoms with van der Waals surface area (Å²) in [5.41, 5.74) is 9.67. The molecule has 0 aromatic carbocycles. The second-order valence-corrected chi connectivity index (χ2v) is 11.6. The van der Waals surface area contributed by atoms with Crippen LogP contribution in [0.3, 0.4) is 0 Å². The van der Waals surface area contributed by atoms with Crippen molar-refractivity contribution in [3.8, 4) is 0 Å². The van der Waals surface area contributed by atoms with Gasteiger partial charge in [-0.05, 0) is 55.0 Å². The largest absolute Gasteiger partial charge is 0.357 e. The van der Waals surface area contributed by atoms with Gasteiger partial charge >= 0.3 is 0 Å². The SMILES string of the molecule is Br.CCC1=C(C)/C(=C/c2[nH]c(C(Br)Br)c(CC)c2C)N=C1C(Br)Br. The topological polar surface area (TPSA) is 28.1 Å². The molecule has 0 aliphatic carbocycles. The Morgan fingerprint density at radius 3 is 2.04 bits per heavy atom. The van der Waals surface area contributed by atoms with Crippen molar-refractivity contribution in [1.29, 1.82) is 0 Å². The van der Waals surface area contributed by atoms with E-state index in [0.717, 1.165) is 29.9 Å². The van der Waals surface area contributed by atoms with Gasteiger partial charge in [0.15, 0.2) is 0 Å². The van der Waals surface area contributed by atoms with Gasteiger partial charge in [0, 0.05) is 11.4 Å². The molecule has 0 amide bonds. The van der Waals surface area contributed by atoms with Gasteiger partial charge in [-0.25, -0.2) is 0 Å². The van der Waals surface area contributed by atoms with Crippen LogP contribution in [0.25, 0.3) is 6.08 Å². The van der Waals surface area contributed by atoms with Crippen LogP contribution in [0.5, 0.6) is 0 Å². The molecule has 7 heteroatoms. The first-order chi connectivity index (χ1) is 10.8. The molecule has 0 atom stereocenters. The highest BCUT2D eigenvalue weighted by Crippen LogP contribution is 2.37. The van der Waals surface area contributed by atoms with Crippen molar-refractivity contribution in [1.82, 2.24) is 4.98 Å². The summed E-state index contributed by atoms with van der Waals surface area (Å²) in [5.74, 6) is 0. The zero-order chi connectivity index (χ0) is 17.3. The number of rotatable bonds is 5. The maximum Gasteiger partial charge on any atom is 0.112 e. The molecule has 2 rings (SSSR count). The van der Waals surface area contributed by atoms with Crippen LogP contribution in [0.4, 0.5) is 0 Å². The standard InChI is InChI=1S/C17H20Br4N2.BrH/c1-5-10-8(3)12(22-14(10)16(18)19)7-13-9(4)11(6-2)15(23-13)17(20)21;/h7,16-17,22H,5-6H2,1-4H3;1H/b13-7-;. The van der Waals surface area contributed by atoms with Crippen LogP contribution >= 0.6 is 80.7 Å². The monoisotopic (exact) mass is 648 g/mol. The minimum absolute atomic E-state index is 0. The van der Waals surface area contributed by atoms with E-state index in [1.54, 1.807) is 0 Å². The van der Waals surface area contributed by atoms with Crippen LogP contribution in [0.1, 0.15) is 53.4 Å². The van der Waals surface area contributed by atoms with E-state index >= 15 is 0 Å². The van der Waals surface area contributed by atoms with Crippen LogP contribution < -0.4 is 0 Å². The lowest BCUT2D eigenvalue weighted by Crippen LogP contribution is -2.07. The van der Waals surface area contributed by atoms with E-state index in [2.05, 4.69) is 102 Å².